The Balaban J connectivity index is 2.64. The van der Waals surface area contributed by atoms with Gasteiger partial charge in [0.25, 0.3) is 5.69 Å². The molecular weight excluding hydrogens is 365 g/mol. The molecule has 11 heteroatoms. The molecule has 1 aromatic carbocycles. The average Bonchev–Trinajstić information content (AvgIpc) is 2.61. The van der Waals surface area contributed by atoms with Crippen LogP contribution in [0.4, 0.5) is 5.69 Å². The zero-order valence-electron chi connectivity index (χ0n) is 15.0. The molecule has 1 amide bonds. The van der Waals surface area contributed by atoms with Crippen LogP contribution in [-0.2, 0) is 18.4 Å². The first kappa shape index (κ1) is 22.4. The van der Waals surface area contributed by atoms with E-state index in [2.05, 4.69) is 10.6 Å². The van der Waals surface area contributed by atoms with Crippen LogP contribution in [0.15, 0.2) is 24.3 Å². The first-order valence-electron chi connectivity index (χ1n) is 8.18. The third-order valence-corrected chi connectivity index (χ3v) is 5.28. The highest BCUT2D eigenvalue weighted by Gasteiger charge is 2.46. The van der Waals surface area contributed by atoms with Gasteiger partial charge >= 0.3 is 8.09 Å². The minimum Gasteiger partial charge on any atom is -0.388 e. The Kier molecular flexibility index (Phi) is 9.57. The summed E-state index contributed by atoms with van der Waals surface area (Å²) in [6.07, 6.45) is -1.37. The molecule has 0 aliphatic rings. The summed E-state index contributed by atoms with van der Waals surface area (Å²) in [5.41, 5.74) is 2.73. The third kappa shape index (κ3) is 6.91. The molecule has 3 N–H and O–H groups in total. The van der Waals surface area contributed by atoms with Gasteiger partial charge in [-0.15, -0.1) is 0 Å². The molecule has 0 fully saturated rings. The molecule has 0 aliphatic carbocycles. The number of nitro groups is 1. The van der Waals surface area contributed by atoms with Crippen LogP contribution in [0.5, 0.6) is 0 Å². The molecule has 1 aromatic rings. The van der Waals surface area contributed by atoms with E-state index in [1.807, 2.05) is 0 Å². The molecule has 0 bridgehead atoms. The highest BCUT2D eigenvalue weighted by Crippen LogP contribution is 2.57. The Bertz CT molecular complexity index is 568. The van der Waals surface area contributed by atoms with Crippen molar-refractivity contribution in [2.24, 2.45) is 0 Å². The molecule has 0 aromatic heterocycles. The predicted molar refractivity (Wildman–Crippen MR) is 95.7 cm³/mol. The number of nitrogens with zero attached hydrogens (tertiary/aromatic N) is 1. The van der Waals surface area contributed by atoms with Crippen molar-refractivity contribution in [3.63, 3.8) is 0 Å². The van der Waals surface area contributed by atoms with Crippen LogP contribution in [0.2, 0.25) is 0 Å². The number of aliphatic hydroxyl groups excluding tert-OH is 1. The molecule has 1 rings (SSSR count). The molecule has 0 heterocycles. The van der Waals surface area contributed by atoms with E-state index < -0.39 is 25.0 Å². The number of amides is 1. The monoisotopic (exact) mass is 390 g/mol. The van der Waals surface area contributed by atoms with E-state index in [1.54, 1.807) is 20.8 Å². The summed E-state index contributed by atoms with van der Waals surface area (Å²) in [6.45, 7) is 6.28. The lowest BCUT2D eigenvalue weighted by Crippen LogP contribution is -2.40. The van der Waals surface area contributed by atoms with E-state index in [0.717, 1.165) is 0 Å². The Morgan fingerprint density at radius 3 is 2.08 bits per heavy atom. The minimum absolute atomic E-state index is 0.0909. The van der Waals surface area contributed by atoms with Crippen LogP contribution in [0, 0.1) is 10.1 Å². The van der Waals surface area contributed by atoms with Gasteiger partial charge in [0.1, 0.15) is 0 Å². The summed E-state index contributed by atoms with van der Waals surface area (Å²) < 4.78 is 16.5. The van der Waals surface area contributed by atoms with Gasteiger partial charge in [-0.1, -0.05) is 0 Å². The van der Waals surface area contributed by atoms with Crippen LogP contribution in [0.3, 0.4) is 0 Å². The lowest BCUT2D eigenvalue weighted by atomic mass is 10.1. The van der Waals surface area contributed by atoms with E-state index in [1.165, 1.54) is 24.3 Å². The topological polar surface area (TPSA) is 132 Å². The first-order valence-corrected chi connectivity index (χ1v) is 9.72. The number of rotatable bonds is 12. The number of nitro benzene ring substituents is 1. The minimum atomic E-state index is -2.92. The van der Waals surface area contributed by atoms with Crippen molar-refractivity contribution in [3.8, 4) is 0 Å². The summed E-state index contributed by atoms with van der Waals surface area (Å²) in [4.78, 5) is 22.2. The molecule has 0 aliphatic heterocycles. The summed E-state index contributed by atoms with van der Waals surface area (Å²) in [5, 5.41) is 23.4. The zero-order chi connectivity index (χ0) is 19.6. The number of aliphatic hydroxyl groups is 1. The maximum Gasteiger partial charge on any atom is 0.520 e. The summed E-state index contributed by atoms with van der Waals surface area (Å²) in [5.74, 6) is -0.515. The van der Waals surface area contributed by atoms with Gasteiger partial charge in [0, 0.05) is 12.1 Å². The van der Waals surface area contributed by atoms with Crippen LogP contribution < -0.4 is 10.6 Å². The van der Waals surface area contributed by atoms with Crippen molar-refractivity contribution in [2.45, 2.75) is 33.3 Å². The Morgan fingerprint density at radius 2 is 1.65 bits per heavy atom. The molecule has 0 saturated heterocycles. The number of hydrogen-bond acceptors (Lipinski definition) is 8. The predicted octanol–water partition coefficient (Wildman–Crippen LogP) is 2.43. The van der Waals surface area contributed by atoms with E-state index in [9.17, 15) is 20.0 Å². The molecule has 0 spiro atoms. The second kappa shape index (κ2) is 11.1. The van der Waals surface area contributed by atoms with Gasteiger partial charge in [0.2, 0.25) is 5.91 Å². The van der Waals surface area contributed by atoms with Crippen molar-refractivity contribution in [3.05, 3.63) is 39.9 Å². The van der Waals surface area contributed by atoms with Crippen LogP contribution in [0.25, 0.3) is 0 Å². The average molecular weight is 390 g/mol. The SMILES string of the molecule is CCO[P+](NNC(=O)CC(O)c1ccc([N+](=O)[O-])cc1)(OCC)OCC. The second-order valence-electron chi connectivity index (χ2n) is 4.98. The second-order valence-corrected chi connectivity index (χ2v) is 6.97. The Hall–Kier alpha value is -1.68. The fourth-order valence-corrected chi connectivity index (χ4v) is 3.71. The molecule has 146 valence electrons. The van der Waals surface area contributed by atoms with Gasteiger partial charge < -0.3 is 5.11 Å². The van der Waals surface area contributed by atoms with E-state index in [-0.39, 0.29) is 12.1 Å². The number of hydrazine groups is 1. The van der Waals surface area contributed by atoms with Crippen LogP contribution in [0.1, 0.15) is 38.9 Å². The van der Waals surface area contributed by atoms with Crippen LogP contribution >= 0.6 is 8.09 Å². The van der Waals surface area contributed by atoms with E-state index >= 15 is 0 Å². The normalized spacial score (nSPS) is 12.6. The fourth-order valence-electron chi connectivity index (χ4n) is 2.01. The fraction of sp³-hybridized carbons (Fsp3) is 0.533. The maximum absolute atomic E-state index is 12.1. The van der Waals surface area contributed by atoms with Gasteiger partial charge in [0.15, 0.2) is 0 Å². The highest BCUT2D eigenvalue weighted by molar-refractivity contribution is 7.59. The molecular formula is C15H25N3O7P+. The summed E-state index contributed by atoms with van der Waals surface area (Å²) in [6, 6.07) is 5.35. The highest BCUT2D eigenvalue weighted by atomic mass is 31.2. The number of nitrogens with one attached hydrogen (secondary N) is 2. The standard InChI is InChI=1S/C15H24N3O7P/c1-4-23-26(24-5-2,25-6-3)17-16-15(20)11-14(19)12-7-9-13(10-8-12)18(21)22/h7-10,14,17,19H,4-6,11H2,1-3H3/p+1. The van der Waals surface area contributed by atoms with Gasteiger partial charge in [-0.05, 0) is 43.7 Å². The molecule has 0 radical (unpaired) electrons. The van der Waals surface area contributed by atoms with Crippen LogP contribution in [-0.4, -0.2) is 35.8 Å². The van der Waals surface area contributed by atoms with Gasteiger partial charge in [-0.2, -0.15) is 13.6 Å². The van der Waals surface area contributed by atoms with Gasteiger partial charge in [0.05, 0.1) is 37.3 Å². The van der Waals surface area contributed by atoms with Crippen molar-refractivity contribution in [2.75, 3.05) is 19.8 Å². The molecule has 10 nitrogen and oxygen atoms in total. The van der Waals surface area contributed by atoms with E-state index in [0.29, 0.717) is 25.4 Å². The lowest BCUT2D eigenvalue weighted by molar-refractivity contribution is -0.384. The van der Waals surface area contributed by atoms with Gasteiger partial charge in [-0.3, -0.25) is 20.3 Å². The third-order valence-electron chi connectivity index (χ3n) is 3.10. The van der Waals surface area contributed by atoms with Crippen molar-refractivity contribution < 1.29 is 28.4 Å². The lowest BCUT2D eigenvalue weighted by Gasteiger charge is -2.20. The summed E-state index contributed by atoms with van der Waals surface area (Å²) in [7, 11) is -2.92. The molecule has 0 saturated carbocycles. The number of benzene rings is 1. The molecule has 1 atom stereocenters. The van der Waals surface area contributed by atoms with Crippen molar-refractivity contribution in [1.29, 1.82) is 0 Å². The number of carbonyl (C=O) groups excluding carboxylic acids is 1. The largest absolute Gasteiger partial charge is 0.520 e. The van der Waals surface area contributed by atoms with Crippen molar-refractivity contribution in [1.82, 2.24) is 10.6 Å². The number of hydrogen-bond donors (Lipinski definition) is 3. The first-order chi connectivity index (χ1) is 12.4. The quantitative estimate of drug-likeness (QED) is 0.282. The zero-order valence-corrected chi connectivity index (χ0v) is 15.9. The summed E-state index contributed by atoms with van der Waals surface area (Å²) >= 11 is 0. The van der Waals surface area contributed by atoms with Gasteiger partial charge in [-0.25, -0.2) is 0 Å². The molecule has 26 heavy (non-hydrogen) atoms. The number of carbonyl (C=O) groups is 1. The smallest absolute Gasteiger partial charge is 0.388 e. The van der Waals surface area contributed by atoms with Crippen molar-refractivity contribution >= 4 is 19.7 Å². The maximum atomic E-state index is 12.1. The Labute approximate surface area is 152 Å². The van der Waals surface area contributed by atoms with E-state index in [4.69, 9.17) is 13.6 Å². The molecule has 1 unspecified atom stereocenters. The number of non-ortho nitro benzene ring substituents is 1. The Morgan fingerprint density at radius 1 is 1.15 bits per heavy atom.